The largest absolute Gasteiger partial charge is 0.0616 e. The van der Waals surface area contributed by atoms with Gasteiger partial charge in [-0.1, -0.05) is 182 Å². The predicted octanol–water partition coefficient (Wildman–Crippen LogP) is 15.9. The zero-order valence-corrected chi connectivity index (χ0v) is 30.6. The first-order valence-electron chi connectivity index (χ1n) is 19.5. The number of hydrogen-bond acceptors (Lipinski definition) is 0. The van der Waals surface area contributed by atoms with Crippen LogP contribution in [-0.4, -0.2) is 0 Å². The Balaban J connectivity index is 0.993. The molecule has 258 valence electrons. The molecule has 0 aliphatic carbocycles. The van der Waals surface area contributed by atoms with Gasteiger partial charge in [0.05, 0.1) is 0 Å². The average molecular weight is 707 g/mol. The van der Waals surface area contributed by atoms with Crippen molar-refractivity contribution in [2.45, 2.75) is 0 Å². The normalized spacial score (nSPS) is 11.9. The van der Waals surface area contributed by atoms with Crippen molar-refractivity contribution in [2.24, 2.45) is 0 Å². The molecule has 12 aromatic carbocycles. The fourth-order valence-corrected chi connectivity index (χ4v) is 9.42. The molecule has 0 saturated carbocycles. The van der Waals surface area contributed by atoms with Crippen molar-refractivity contribution >= 4 is 75.4 Å². The summed E-state index contributed by atoms with van der Waals surface area (Å²) in [6.45, 7) is 0. The molecule has 0 heteroatoms. The lowest BCUT2D eigenvalue weighted by Crippen LogP contribution is -1.90. The van der Waals surface area contributed by atoms with Crippen LogP contribution < -0.4 is 0 Å². The van der Waals surface area contributed by atoms with Crippen molar-refractivity contribution in [3.63, 3.8) is 0 Å². The molecule has 0 amide bonds. The lowest BCUT2D eigenvalue weighted by molar-refractivity contribution is 1.66. The third kappa shape index (κ3) is 4.79. The molecule has 56 heavy (non-hydrogen) atoms. The summed E-state index contributed by atoms with van der Waals surface area (Å²) in [5, 5.41) is 17.9. The van der Waals surface area contributed by atoms with Crippen molar-refractivity contribution in [3.05, 3.63) is 206 Å². The summed E-state index contributed by atoms with van der Waals surface area (Å²) in [6, 6.07) is 76.7. The molecular formula is C56H34. The lowest BCUT2D eigenvalue weighted by Gasteiger charge is -2.17. The van der Waals surface area contributed by atoms with Gasteiger partial charge in [-0.05, 0) is 144 Å². The zero-order valence-electron chi connectivity index (χ0n) is 30.6. The predicted molar refractivity (Wildman–Crippen MR) is 242 cm³/mol. The van der Waals surface area contributed by atoms with Crippen molar-refractivity contribution in [3.8, 4) is 44.5 Å². The molecule has 0 spiro atoms. The molecule has 12 aromatic rings. The van der Waals surface area contributed by atoms with Crippen molar-refractivity contribution in [1.29, 1.82) is 0 Å². The number of rotatable bonds is 4. The molecule has 0 radical (unpaired) electrons. The summed E-state index contributed by atoms with van der Waals surface area (Å²) in [7, 11) is 0. The van der Waals surface area contributed by atoms with E-state index in [1.165, 1.54) is 120 Å². The Morgan fingerprint density at radius 3 is 0.946 bits per heavy atom. The summed E-state index contributed by atoms with van der Waals surface area (Å²) in [5.74, 6) is 0. The van der Waals surface area contributed by atoms with Gasteiger partial charge in [0, 0.05) is 0 Å². The second kappa shape index (κ2) is 12.1. The molecular weight excluding hydrogens is 673 g/mol. The maximum Gasteiger partial charge on any atom is -0.00203 e. The molecule has 0 nitrogen and oxygen atoms in total. The minimum Gasteiger partial charge on any atom is -0.0616 e. The van der Waals surface area contributed by atoms with Gasteiger partial charge in [-0.15, -0.1) is 0 Å². The summed E-state index contributed by atoms with van der Waals surface area (Å²) < 4.78 is 0. The fraction of sp³-hybridized carbons (Fsp3) is 0. The van der Waals surface area contributed by atoms with E-state index in [2.05, 4.69) is 206 Å². The van der Waals surface area contributed by atoms with Crippen molar-refractivity contribution in [1.82, 2.24) is 0 Å². The van der Waals surface area contributed by atoms with Gasteiger partial charge < -0.3 is 0 Å². The van der Waals surface area contributed by atoms with Crippen LogP contribution in [0.5, 0.6) is 0 Å². The van der Waals surface area contributed by atoms with Gasteiger partial charge in [0.2, 0.25) is 0 Å². The van der Waals surface area contributed by atoms with Gasteiger partial charge in [-0.2, -0.15) is 0 Å². The van der Waals surface area contributed by atoms with E-state index in [1.807, 2.05) is 0 Å². The molecule has 0 heterocycles. The van der Waals surface area contributed by atoms with E-state index in [0.29, 0.717) is 0 Å². The first kappa shape index (κ1) is 31.1. The Bertz CT molecular complexity index is 3280. The van der Waals surface area contributed by atoms with Gasteiger partial charge in [0.1, 0.15) is 0 Å². The van der Waals surface area contributed by atoms with Crippen LogP contribution in [-0.2, 0) is 0 Å². The van der Waals surface area contributed by atoms with E-state index in [1.54, 1.807) is 0 Å². The summed E-state index contributed by atoms with van der Waals surface area (Å²) in [4.78, 5) is 0. The van der Waals surface area contributed by atoms with Crippen LogP contribution in [0, 0.1) is 0 Å². The highest BCUT2D eigenvalue weighted by Gasteiger charge is 2.16. The monoisotopic (exact) mass is 706 g/mol. The number of fused-ring (bicyclic) bond motifs is 4. The van der Waals surface area contributed by atoms with Crippen LogP contribution in [0.2, 0.25) is 0 Å². The highest BCUT2D eigenvalue weighted by molar-refractivity contribution is 6.27. The van der Waals surface area contributed by atoms with E-state index in [0.717, 1.165) is 0 Å². The zero-order chi connectivity index (χ0) is 36.7. The van der Waals surface area contributed by atoms with E-state index in [-0.39, 0.29) is 0 Å². The van der Waals surface area contributed by atoms with Gasteiger partial charge in [-0.3, -0.25) is 0 Å². The first-order valence-corrected chi connectivity index (χ1v) is 19.5. The van der Waals surface area contributed by atoms with Crippen LogP contribution in [0.25, 0.3) is 120 Å². The Hall–Kier alpha value is -7.28. The molecule has 0 aliphatic rings. The highest BCUT2D eigenvalue weighted by Crippen LogP contribution is 2.43. The molecule has 0 bridgehead atoms. The Morgan fingerprint density at radius 1 is 0.179 bits per heavy atom. The van der Waals surface area contributed by atoms with Gasteiger partial charge in [-0.25, -0.2) is 0 Å². The molecule has 0 aliphatic heterocycles. The molecule has 0 aromatic heterocycles. The van der Waals surface area contributed by atoms with Gasteiger partial charge in [0.15, 0.2) is 0 Å². The highest BCUT2D eigenvalue weighted by atomic mass is 14.2. The topological polar surface area (TPSA) is 0 Å². The maximum absolute atomic E-state index is 2.38. The second-order valence-corrected chi connectivity index (χ2v) is 15.3. The van der Waals surface area contributed by atoms with E-state index >= 15 is 0 Å². The van der Waals surface area contributed by atoms with Gasteiger partial charge >= 0.3 is 0 Å². The van der Waals surface area contributed by atoms with Crippen LogP contribution in [0.4, 0.5) is 0 Å². The number of benzene rings is 12. The maximum atomic E-state index is 2.38. The average Bonchev–Trinajstić information content (AvgIpc) is 3.27. The van der Waals surface area contributed by atoms with E-state index in [9.17, 15) is 0 Å². The smallest absolute Gasteiger partial charge is 0.00203 e. The molecule has 0 saturated heterocycles. The third-order valence-corrected chi connectivity index (χ3v) is 12.2. The Labute approximate surface area is 324 Å². The van der Waals surface area contributed by atoms with Crippen LogP contribution in [0.1, 0.15) is 0 Å². The minimum atomic E-state index is 1.24. The van der Waals surface area contributed by atoms with Crippen molar-refractivity contribution in [2.75, 3.05) is 0 Å². The minimum absolute atomic E-state index is 1.24. The molecule has 12 rings (SSSR count). The second-order valence-electron chi connectivity index (χ2n) is 15.3. The Morgan fingerprint density at radius 2 is 0.518 bits per heavy atom. The Kier molecular flexibility index (Phi) is 6.73. The molecule has 0 N–H and O–H groups in total. The molecule has 0 atom stereocenters. The van der Waals surface area contributed by atoms with Crippen LogP contribution in [0.3, 0.4) is 0 Å². The fourth-order valence-electron chi connectivity index (χ4n) is 9.42. The van der Waals surface area contributed by atoms with E-state index < -0.39 is 0 Å². The summed E-state index contributed by atoms with van der Waals surface area (Å²) in [5.41, 5.74) is 10.0. The SMILES string of the molecule is c1ccc2c(-c3ccc4ccc(-c5ccc6ccc7c(-c8ccc9ccc(-c%10cccc%11ccccc%10%11)cc9c8)ccc8ccc5c6c87)cc4c3)cccc2c1. The number of hydrogen-bond donors (Lipinski definition) is 0. The summed E-state index contributed by atoms with van der Waals surface area (Å²) in [6.07, 6.45) is 0. The van der Waals surface area contributed by atoms with Gasteiger partial charge in [0.25, 0.3) is 0 Å². The summed E-state index contributed by atoms with van der Waals surface area (Å²) >= 11 is 0. The van der Waals surface area contributed by atoms with Crippen molar-refractivity contribution < 1.29 is 0 Å². The quantitative estimate of drug-likeness (QED) is 0.160. The van der Waals surface area contributed by atoms with Crippen LogP contribution in [0.15, 0.2) is 206 Å². The van der Waals surface area contributed by atoms with E-state index in [4.69, 9.17) is 0 Å². The first-order chi connectivity index (χ1) is 27.7. The standard InChI is InChI=1S/C56H34/c1-3-11-47-37(7-1)9-5-13-49(47)41-19-15-35-17-21-43(33-45(35)31-41)51-27-23-39-26-30-54-52(28-24-40-25-29-53(51)55(39)56(40)54)44-22-18-36-16-20-42(32-46(36)34-44)50-14-6-10-38-8-2-4-12-48(38)50/h1-34H. The third-order valence-electron chi connectivity index (χ3n) is 12.2. The lowest BCUT2D eigenvalue weighted by atomic mass is 9.86. The van der Waals surface area contributed by atoms with Crippen LogP contribution >= 0.6 is 0 Å². The molecule has 0 fully saturated rings. The molecule has 0 unspecified atom stereocenters.